The number of hydrogen-bond acceptors (Lipinski definition) is 2. The van der Waals surface area contributed by atoms with Gasteiger partial charge >= 0.3 is 0 Å². The fourth-order valence-electron chi connectivity index (χ4n) is 1.81. The monoisotopic (exact) mass is 202 g/mol. The van der Waals surface area contributed by atoms with Gasteiger partial charge in [0.1, 0.15) is 0 Å². The third-order valence-corrected chi connectivity index (χ3v) is 2.79. The minimum atomic E-state index is 0.601. The number of rotatable bonds is 3. The lowest BCUT2D eigenvalue weighted by molar-refractivity contribution is 0.0965. The zero-order chi connectivity index (χ0) is 9.84. The number of hydrogen-bond donors (Lipinski definition) is 0. The van der Waals surface area contributed by atoms with Crippen LogP contribution in [0, 0.1) is 0 Å². The summed E-state index contributed by atoms with van der Waals surface area (Å²) in [5.41, 5.74) is 0. The Bertz CT molecular complexity index is 182. The molecule has 1 fully saturated rings. The van der Waals surface area contributed by atoms with Gasteiger partial charge in [-0.3, -0.25) is 4.90 Å². The van der Waals surface area contributed by atoms with Crippen molar-refractivity contribution in [1.82, 2.24) is 9.80 Å². The molecule has 0 bridgehead atoms. The van der Waals surface area contributed by atoms with E-state index in [-0.39, 0.29) is 0 Å². The summed E-state index contributed by atoms with van der Waals surface area (Å²) in [7, 11) is 0. The summed E-state index contributed by atoms with van der Waals surface area (Å²) in [6.45, 7) is 13.6. The molecule has 2 nitrogen and oxygen atoms in total. The van der Waals surface area contributed by atoms with Gasteiger partial charge in [0.05, 0.1) is 0 Å². The first-order valence-corrected chi connectivity index (χ1v) is 5.31. The van der Waals surface area contributed by atoms with E-state index in [2.05, 4.69) is 30.2 Å². The summed E-state index contributed by atoms with van der Waals surface area (Å²) in [6, 6.07) is 0.601. The van der Waals surface area contributed by atoms with Crippen molar-refractivity contribution >= 4 is 11.6 Å². The Morgan fingerprint density at radius 2 is 2.23 bits per heavy atom. The fourth-order valence-corrected chi connectivity index (χ4v) is 1.97. The van der Waals surface area contributed by atoms with E-state index in [9.17, 15) is 0 Å². The quantitative estimate of drug-likeness (QED) is 0.689. The van der Waals surface area contributed by atoms with Crippen LogP contribution in [0.3, 0.4) is 0 Å². The summed E-state index contributed by atoms with van der Waals surface area (Å²) in [4.78, 5) is 4.86. The first-order chi connectivity index (χ1) is 6.13. The van der Waals surface area contributed by atoms with Crippen LogP contribution in [-0.2, 0) is 0 Å². The van der Waals surface area contributed by atoms with Gasteiger partial charge in [-0.15, -0.1) is 0 Å². The molecule has 76 valence electrons. The van der Waals surface area contributed by atoms with Crippen molar-refractivity contribution in [2.24, 2.45) is 0 Å². The fraction of sp³-hybridized carbons (Fsp3) is 0.800. The van der Waals surface area contributed by atoms with Gasteiger partial charge in [0, 0.05) is 37.3 Å². The normalized spacial score (nSPS) is 26.2. The Morgan fingerprint density at radius 1 is 1.54 bits per heavy atom. The SMILES string of the molecule is C=C(Cl)CN1CCN(CC)CC1C. The Kier molecular flexibility index (Phi) is 4.23. The molecule has 3 heteroatoms. The number of piperazine rings is 1. The highest BCUT2D eigenvalue weighted by Gasteiger charge is 2.22. The standard InChI is InChI=1S/C10H19ClN2/c1-4-12-5-6-13(7-9(2)11)10(3)8-12/h10H,2,4-8H2,1,3H3. The van der Waals surface area contributed by atoms with E-state index in [4.69, 9.17) is 11.6 Å². The van der Waals surface area contributed by atoms with Crippen LogP contribution in [0.25, 0.3) is 0 Å². The summed E-state index contributed by atoms with van der Waals surface area (Å²) in [5, 5.41) is 0.747. The molecule has 1 aliphatic rings. The highest BCUT2D eigenvalue weighted by atomic mass is 35.5. The molecule has 0 spiro atoms. The second-order valence-electron chi connectivity index (χ2n) is 3.73. The van der Waals surface area contributed by atoms with Crippen molar-refractivity contribution in [3.63, 3.8) is 0 Å². The first kappa shape index (κ1) is 11.0. The summed E-state index contributed by atoms with van der Waals surface area (Å²) < 4.78 is 0. The molecule has 1 atom stereocenters. The number of likely N-dealkylation sites (N-methyl/N-ethyl adjacent to an activating group) is 1. The largest absolute Gasteiger partial charge is 0.301 e. The lowest BCUT2D eigenvalue weighted by atomic mass is 10.2. The van der Waals surface area contributed by atoms with Crippen LogP contribution in [0.5, 0.6) is 0 Å². The summed E-state index contributed by atoms with van der Waals surface area (Å²) >= 11 is 5.80. The first-order valence-electron chi connectivity index (χ1n) is 4.93. The molecule has 0 radical (unpaired) electrons. The van der Waals surface area contributed by atoms with Crippen molar-refractivity contribution in [1.29, 1.82) is 0 Å². The Balaban J connectivity index is 2.39. The highest BCUT2D eigenvalue weighted by molar-refractivity contribution is 6.29. The van der Waals surface area contributed by atoms with Gasteiger partial charge in [0.25, 0.3) is 0 Å². The van der Waals surface area contributed by atoms with Crippen LogP contribution >= 0.6 is 11.6 Å². The van der Waals surface area contributed by atoms with E-state index in [1.165, 1.54) is 0 Å². The summed E-state index contributed by atoms with van der Waals surface area (Å²) in [5.74, 6) is 0. The molecule has 0 aromatic heterocycles. The zero-order valence-electron chi connectivity index (χ0n) is 8.59. The maximum absolute atomic E-state index is 5.80. The minimum Gasteiger partial charge on any atom is -0.301 e. The lowest BCUT2D eigenvalue weighted by Crippen LogP contribution is -2.51. The molecule has 1 heterocycles. The van der Waals surface area contributed by atoms with Crippen molar-refractivity contribution in [2.75, 3.05) is 32.7 Å². The maximum Gasteiger partial charge on any atom is 0.0339 e. The van der Waals surface area contributed by atoms with Crippen LogP contribution in [0.2, 0.25) is 0 Å². The van der Waals surface area contributed by atoms with Crippen LogP contribution in [-0.4, -0.2) is 48.6 Å². The van der Waals surface area contributed by atoms with Gasteiger partial charge in [-0.2, -0.15) is 0 Å². The molecule has 0 aliphatic carbocycles. The molecule has 13 heavy (non-hydrogen) atoms. The van der Waals surface area contributed by atoms with Gasteiger partial charge in [-0.05, 0) is 13.5 Å². The minimum absolute atomic E-state index is 0.601. The molecular formula is C10H19ClN2. The predicted octanol–water partition coefficient (Wildman–Crippen LogP) is 1.76. The topological polar surface area (TPSA) is 6.48 Å². The Morgan fingerprint density at radius 3 is 2.69 bits per heavy atom. The van der Waals surface area contributed by atoms with Crippen LogP contribution < -0.4 is 0 Å². The molecule has 1 unspecified atom stereocenters. The van der Waals surface area contributed by atoms with E-state index in [0.29, 0.717) is 6.04 Å². The molecule has 0 N–H and O–H groups in total. The van der Waals surface area contributed by atoms with E-state index >= 15 is 0 Å². The van der Waals surface area contributed by atoms with Crippen molar-refractivity contribution in [3.05, 3.63) is 11.6 Å². The Labute approximate surface area is 86.2 Å². The van der Waals surface area contributed by atoms with Gasteiger partial charge in [-0.25, -0.2) is 0 Å². The van der Waals surface area contributed by atoms with Crippen LogP contribution in [0.1, 0.15) is 13.8 Å². The van der Waals surface area contributed by atoms with E-state index in [0.717, 1.165) is 37.8 Å². The predicted molar refractivity (Wildman–Crippen MR) is 58.1 cm³/mol. The molecule has 1 rings (SSSR count). The van der Waals surface area contributed by atoms with E-state index in [1.807, 2.05) is 0 Å². The second-order valence-corrected chi connectivity index (χ2v) is 4.26. The highest BCUT2D eigenvalue weighted by Crippen LogP contribution is 2.11. The molecule has 0 saturated carbocycles. The Hall–Kier alpha value is -0.0500. The van der Waals surface area contributed by atoms with Crippen LogP contribution in [0.4, 0.5) is 0 Å². The van der Waals surface area contributed by atoms with E-state index in [1.54, 1.807) is 0 Å². The number of halogens is 1. The third-order valence-electron chi connectivity index (χ3n) is 2.67. The van der Waals surface area contributed by atoms with Crippen molar-refractivity contribution in [2.45, 2.75) is 19.9 Å². The molecule has 1 aliphatic heterocycles. The van der Waals surface area contributed by atoms with Gasteiger partial charge in [0.2, 0.25) is 0 Å². The van der Waals surface area contributed by atoms with Gasteiger partial charge < -0.3 is 4.90 Å². The second kappa shape index (κ2) is 4.99. The average molecular weight is 203 g/mol. The molecular weight excluding hydrogens is 184 g/mol. The van der Waals surface area contributed by atoms with Gasteiger partial charge in [-0.1, -0.05) is 25.1 Å². The molecule has 0 amide bonds. The third kappa shape index (κ3) is 3.29. The van der Waals surface area contributed by atoms with Crippen molar-refractivity contribution < 1.29 is 0 Å². The maximum atomic E-state index is 5.80. The molecule has 0 aromatic carbocycles. The average Bonchev–Trinajstić information content (AvgIpc) is 2.08. The van der Waals surface area contributed by atoms with E-state index < -0.39 is 0 Å². The summed E-state index contributed by atoms with van der Waals surface area (Å²) in [6.07, 6.45) is 0. The van der Waals surface area contributed by atoms with Crippen molar-refractivity contribution in [3.8, 4) is 0 Å². The molecule has 1 saturated heterocycles. The van der Waals surface area contributed by atoms with Gasteiger partial charge in [0.15, 0.2) is 0 Å². The smallest absolute Gasteiger partial charge is 0.0339 e. The van der Waals surface area contributed by atoms with Crippen LogP contribution in [0.15, 0.2) is 11.6 Å². The zero-order valence-corrected chi connectivity index (χ0v) is 9.35. The number of nitrogens with zero attached hydrogens (tertiary/aromatic N) is 2. The molecule has 0 aromatic rings. The lowest BCUT2D eigenvalue weighted by Gasteiger charge is -2.39.